The summed E-state index contributed by atoms with van der Waals surface area (Å²) < 4.78 is 22.9. The lowest BCUT2D eigenvalue weighted by Crippen LogP contribution is -2.22. The predicted molar refractivity (Wildman–Crippen MR) is 94.3 cm³/mol. The van der Waals surface area contributed by atoms with Crippen molar-refractivity contribution in [1.29, 1.82) is 0 Å². The van der Waals surface area contributed by atoms with E-state index in [9.17, 15) is 8.42 Å². The lowest BCUT2D eigenvalue weighted by Gasteiger charge is -2.34. The number of nitrogens with two attached hydrogens (primary N) is 1. The molecule has 0 bridgehead atoms. The molecule has 0 saturated heterocycles. The number of aromatic nitrogens is 1. The minimum atomic E-state index is -3.67. The van der Waals surface area contributed by atoms with Crippen LogP contribution in [0.5, 0.6) is 0 Å². The summed E-state index contributed by atoms with van der Waals surface area (Å²) in [5, 5.41) is 5.19. The Morgan fingerprint density at radius 1 is 0.958 bits per heavy atom. The second-order valence-electron chi connectivity index (χ2n) is 6.49. The van der Waals surface area contributed by atoms with E-state index in [2.05, 4.69) is 17.1 Å². The maximum absolute atomic E-state index is 11.5. The van der Waals surface area contributed by atoms with Gasteiger partial charge in [-0.3, -0.25) is 4.98 Å². The summed E-state index contributed by atoms with van der Waals surface area (Å²) in [4.78, 5) is 4.62. The second kappa shape index (κ2) is 5.40. The van der Waals surface area contributed by atoms with Crippen LogP contribution >= 0.6 is 0 Å². The average molecular weight is 338 g/mol. The molecule has 2 N–H and O–H groups in total. The van der Waals surface area contributed by atoms with Crippen LogP contribution < -0.4 is 5.14 Å². The highest BCUT2D eigenvalue weighted by Crippen LogP contribution is 2.53. The standard InChI is InChI=1S/C19H18N2O2S/c20-24(22,23)15-7-5-14(6-8-15)16-12-19(9-3-10-19)13-17(16)18-4-1-2-11-21-18/h1-2,4-8,11-13H,3,9-10H2,(H2,20,22,23). The van der Waals surface area contributed by atoms with Gasteiger partial charge in [0.25, 0.3) is 0 Å². The number of benzene rings is 1. The summed E-state index contributed by atoms with van der Waals surface area (Å²) in [6, 6.07) is 12.7. The molecule has 1 spiro atoms. The molecule has 2 aromatic rings. The minimum Gasteiger partial charge on any atom is -0.256 e. The van der Waals surface area contributed by atoms with Crippen LogP contribution in [0, 0.1) is 5.41 Å². The van der Waals surface area contributed by atoms with Crippen molar-refractivity contribution < 1.29 is 8.42 Å². The SMILES string of the molecule is NS(=O)(=O)c1ccc(C2=CC3(C=C2c2ccccn2)CCC3)cc1. The van der Waals surface area contributed by atoms with Gasteiger partial charge in [-0.15, -0.1) is 0 Å². The first kappa shape index (κ1) is 15.3. The molecular formula is C19H18N2O2S. The molecule has 2 aliphatic carbocycles. The Kier molecular flexibility index (Phi) is 3.44. The van der Waals surface area contributed by atoms with Crippen LogP contribution in [-0.2, 0) is 10.0 Å². The maximum atomic E-state index is 11.5. The van der Waals surface area contributed by atoms with Crippen molar-refractivity contribution in [3.05, 3.63) is 72.1 Å². The number of rotatable bonds is 3. The normalized spacial score (nSPS) is 18.9. The molecule has 1 fully saturated rings. The number of sulfonamides is 1. The van der Waals surface area contributed by atoms with Gasteiger partial charge in [-0.05, 0) is 48.2 Å². The Labute approximate surface area is 141 Å². The lowest BCUT2D eigenvalue weighted by atomic mass is 9.70. The molecule has 4 nitrogen and oxygen atoms in total. The van der Waals surface area contributed by atoms with Gasteiger partial charge in [0, 0.05) is 17.2 Å². The molecule has 1 saturated carbocycles. The van der Waals surface area contributed by atoms with E-state index in [0.717, 1.165) is 35.2 Å². The fraction of sp³-hybridized carbons (Fsp3) is 0.211. The van der Waals surface area contributed by atoms with Gasteiger partial charge >= 0.3 is 0 Å². The Morgan fingerprint density at radius 2 is 1.67 bits per heavy atom. The molecule has 0 atom stereocenters. The number of hydrogen-bond acceptors (Lipinski definition) is 3. The van der Waals surface area contributed by atoms with Gasteiger partial charge in [-0.1, -0.05) is 36.8 Å². The van der Waals surface area contributed by atoms with Gasteiger partial charge in [0.05, 0.1) is 10.6 Å². The van der Waals surface area contributed by atoms with Gasteiger partial charge in [0.15, 0.2) is 0 Å². The Morgan fingerprint density at radius 3 is 2.21 bits per heavy atom. The van der Waals surface area contributed by atoms with Crippen molar-refractivity contribution in [3.8, 4) is 0 Å². The maximum Gasteiger partial charge on any atom is 0.238 e. The van der Waals surface area contributed by atoms with Crippen LogP contribution in [0.15, 0.2) is 65.7 Å². The van der Waals surface area contributed by atoms with Crippen molar-refractivity contribution in [3.63, 3.8) is 0 Å². The van der Waals surface area contributed by atoms with Crippen LogP contribution in [0.4, 0.5) is 0 Å². The van der Waals surface area contributed by atoms with Crippen LogP contribution in [0.1, 0.15) is 30.5 Å². The number of hydrogen-bond donors (Lipinski definition) is 1. The molecule has 0 radical (unpaired) electrons. The highest BCUT2D eigenvalue weighted by molar-refractivity contribution is 7.89. The first-order valence-electron chi connectivity index (χ1n) is 7.98. The third kappa shape index (κ3) is 2.60. The molecule has 1 heterocycles. The Hall–Kier alpha value is -2.24. The first-order chi connectivity index (χ1) is 11.5. The van der Waals surface area contributed by atoms with Gasteiger partial charge < -0.3 is 0 Å². The molecule has 1 aromatic heterocycles. The van der Waals surface area contributed by atoms with E-state index in [1.54, 1.807) is 18.3 Å². The van der Waals surface area contributed by atoms with E-state index < -0.39 is 10.0 Å². The van der Waals surface area contributed by atoms with Crippen molar-refractivity contribution >= 4 is 21.2 Å². The minimum absolute atomic E-state index is 0.131. The largest absolute Gasteiger partial charge is 0.256 e. The molecule has 0 unspecified atom stereocenters. The Balaban J connectivity index is 1.78. The van der Waals surface area contributed by atoms with Gasteiger partial charge in [0.2, 0.25) is 10.0 Å². The van der Waals surface area contributed by atoms with Crippen molar-refractivity contribution in [1.82, 2.24) is 4.98 Å². The zero-order chi connectivity index (χ0) is 16.8. The van der Waals surface area contributed by atoms with E-state index in [-0.39, 0.29) is 10.3 Å². The van der Waals surface area contributed by atoms with Gasteiger partial charge in [-0.25, -0.2) is 13.6 Å². The van der Waals surface area contributed by atoms with Crippen molar-refractivity contribution in [2.45, 2.75) is 24.2 Å². The molecule has 1 aromatic carbocycles. The smallest absolute Gasteiger partial charge is 0.238 e. The summed E-state index contributed by atoms with van der Waals surface area (Å²) in [6.07, 6.45) is 9.97. The third-order valence-electron chi connectivity index (χ3n) is 4.87. The molecule has 122 valence electrons. The predicted octanol–water partition coefficient (Wildman–Crippen LogP) is 3.38. The summed E-state index contributed by atoms with van der Waals surface area (Å²) in [6.45, 7) is 0. The fourth-order valence-corrected chi connectivity index (χ4v) is 3.96. The topological polar surface area (TPSA) is 73.1 Å². The number of pyridine rings is 1. The molecule has 0 amide bonds. The quantitative estimate of drug-likeness (QED) is 0.932. The first-order valence-corrected chi connectivity index (χ1v) is 9.52. The van der Waals surface area contributed by atoms with E-state index in [1.165, 1.54) is 6.42 Å². The van der Waals surface area contributed by atoms with E-state index in [0.29, 0.717) is 0 Å². The fourth-order valence-electron chi connectivity index (χ4n) is 3.44. The zero-order valence-corrected chi connectivity index (χ0v) is 14.0. The highest BCUT2D eigenvalue weighted by Gasteiger charge is 2.38. The summed E-state index contributed by atoms with van der Waals surface area (Å²) in [5.41, 5.74) is 4.32. The zero-order valence-electron chi connectivity index (χ0n) is 13.1. The highest BCUT2D eigenvalue weighted by atomic mass is 32.2. The van der Waals surface area contributed by atoms with Gasteiger partial charge in [-0.2, -0.15) is 0 Å². The second-order valence-corrected chi connectivity index (χ2v) is 8.05. The van der Waals surface area contributed by atoms with E-state index in [4.69, 9.17) is 5.14 Å². The molecule has 0 aliphatic heterocycles. The summed E-state index contributed by atoms with van der Waals surface area (Å²) >= 11 is 0. The average Bonchev–Trinajstić information content (AvgIpc) is 2.96. The van der Waals surface area contributed by atoms with E-state index >= 15 is 0 Å². The molecule has 4 rings (SSSR count). The van der Waals surface area contributed by atoms with E-state index in [1.807, 2.05) is 30.3 Å². The van der Waals surface area contributed by atoms with Crippen LogP contribution in [0.25, 0.3) is 11.1 Å². The molecular weight excluding hydrogens is 320 g/mol. The van der Waals surface area contributed by atoms with Crippen molar-refractivity contribution in [2.24, 2.45) is 10.6 Å². The van der Waals surface area contributed by atoms with Gasteiger partial charge in [0.1, 0.15) is 0 Å². The number of allylic oxidation sites excluding steroid dienone is 4. The lowest BCUT2D eigenvalue weighted by molar-refractivity contribution is 0.282. The number of nitrogens with zero attached hydrogens (tertiary/aromatic N) is 1. The van der Waals surface area contributed by atoms with Crippen molar-refractivity contribution in [2.75, 3.05) is 0 Å². The monoisotopic (exact) mass is 338 g/mol. The Bertz CT molecular complexity index is 939. The summed E-state index contributed by atoms with van der Waals surface area (Å²) in [7, 11) is -3.67. The summed E-state index contributed by atoms with van der Waals surface area (Å²) in [5.74, 6) is 0. The molecule has 5 heteroatoms. The molecule has 2 aliphatic rings. The van der Waals surface area contributed by atoms with Crippen LogP contribution in [-0.4, -0.2) is 13.4 Å². The third-order valence-corrected chi connectivity index (χ3v) is 5.80. The number of primary sulfonamides is 1. The van der Waals surface area contributed by atoms with Crippen LogP contribution in [0.3, 0.4) is 0 Å². The van der Waals surface area contributed by atoms with Crippen LogP contribution in [0.2, 0.25) is 0 Å². The molecule has 24 heavy (non-hydrogen) atoms.